The quantitative estimate of drug-likeness (QED) is 0.766. The highest BCUT2D eigenvalue weighted by Gasteiger charge is 2.44. The number of anilines is 1. The first-order chi connectivity index (χ1) is 6.44. The normalized spacial score (nSPS) is 25.4. The lowest BCUT2D eigenvalue weighted by Crippen LogP contribution is -2.35. The number of likely N-dealkylation sites (N-methyl/N-ethyl adjacent to an activating group) is 1. The van der Waals surface area contributed by atoms with E-state index >= 15 is 0 Å². The summed E-state index contributed by atoms with van der Waals surface area (Å²) in [6.07, 6.45) is 0. The van der Waals surface area contributed by atoms with E-state index in [1.807, 2.05) is 12.1 Å². The van der Waals surface area contributed by atoms with Crippen molar-refractivity contribution in [2.45, 2.75) is 12.5 Å². The Bertz CT molecular complexity index is 415. The summed E-state index contributed by atoms with van der Waals surface area (Å²) < 4.78 is 0.861. The molecule has 0 saturated heterocycles. The predicted octanol–water partition coefficient (Wildman–Crippen LogP) is 1.63. The van der Waals surface area contributed by atoms with Crippen molar-refractivity contribution in [1.29, 1.82) is 0 Å². The number of amides is 1. The molecule has 0 radical (unpaired) electrons. The van der Waals surface area contributed by atoms with Gasteiger partial charge in [0.15, 0.2) is 5.60 Å². The summed E-state index contributed by atoms with van der Waals surface area (Å²) in [5.41, 5.74) is 0.0241. The molecule has 1 amide bonds. The van der Waals surface area contributed by atoms with E-state index in [-0.39, 0.29) is 5.91 Å². The van der Waals surface area contributed by atoms with E-state index in [4.69, 9.17) is 0 Å². The average molecular weight is 256 g/mol. The van der Waals surface area contributed by atoms with Gasteiger partial charge in [0.2, 0.25) is 0 Å². The number of nitrogens with zero attached hydrogens (tertiary/aromatic N) is 1. The third-order valence-electron chi connectivity index (χ3n) is 2.57. The summed E-state index contributed by atoms with van der Waals surface area (Å²) in [5, 5.41) is 10.00. The van der Waals surface area contributed by atoms with Gasteiger partial charge in [-0.25, -0.2) is 0 Å². The first-order valence-electron chi connectivity index (χ1n) is 4.25. The zero-order chi connectivity index (χ0) is 10.5. The van der Waals surface area contributed by atoms with Gasteiger partial charge in [-0.3, -0.25) is 4.79 Å². The van der Waals surface area contributed by atoms with Crippen molar-refractivity contribution in [3.63, 3.8) is 0 Å². The number of benzene rings is 1. The maximum atomic E-state index is 11.7. The molecule has 1 aromatic carbocycles. The summed E-state index contributed by atoms with van der Waals surface area (Å²) in [4.78, 5) is 13.1. The lowest BCUT2D eigenvalue weighted by Gasteiger charge is -2.15. The minimum absolute atomic E-state index is 0.286. The van der Waals surface area contributed by atoms with Gasteiger partial charge in [-0.1, -0.05) is 15.9 Å². The molecule has 0 aliphatic carbocycles. The van der Waals surface area contributed by atoms with Gasteiger partial charge in [-0.15, -0.1) is 0 Å². The maximum Gasteiger partial charge on any atom is 0.263 e. The average Bonchev–Trinajstić information content (AvgIpc) is 2.29. The molecular weight excluding hydrogens is 246 g/mol. The van der Waals surface area contributed by atoms with E-state index in [2.05, 4.69) is 15.9 Å². The van der Waals surface area contributed by atoms with Gasteiger partial charge in [0, 0.05) is 17.1 Å². The highest BCUT2D eigenvalue weighted by molar-refractivity contribution is 9.10. The van der Waals surface area contributed by atoms with E-state index < -0.39 is 5.60 Å². The summed E-state index contributed by atoms with van der Waals surface area (Å²) in [6.45, 7) is 1.52. The fourth-order valence-electron chi connectivity index (χ4n) is 1.74. The SMILES string of the molecule is CN1C(=O)C(C)(O)c2cc(Br)ccc21. The molecular formula is C10H10BrNO2. The van der Waals surface area contributed by atoms with Crippen molar-refractivity contribution < 1.29 is 9.90 Å². The lowest BCUT2D eigenvalue weighted by molar-refractivity contribution is -0.133. The van der Waals surface area contributed by atoms with Crippen molar-refractivity contribution in [1.82, 2.24) is 0 Å². The zero-order valence-electron chi connectivity index (χ0n) is 7.91. The van der Waals surface area contributed by atoms with Crippen LogP contribution in [0.4, 0.5) is 5.69 Å². The molecule has 1 unspecified atom stereocenters. The predicted molar refractivity (Wildman–Crippen MR) is 57.1 cm³/mol. The molecule has 0 spiro atoms. The van der Waals surface area contributed by atoms with Crippen molar-refractivity contribution in [2.75, 3.05) is 11.9 Å². The van der Waals surface area contributed by atoms with Crippen LogP contribution in [0.5, 0.6) is 0 Å². The van der Waals surface area contributed by atoms with Gasteiger partial charge in [0.1, 0.15) is 0 Å². The smallest absolute Gasteiger partial charge is 0.263 e. The van der Waals surface area contributed by atoms with Crippen molar-refractivity contribution in [3.05, 3.63) is 28.2 Å². The molecule has 1 atom stereocenters. The van der Waals surface area contributed by atoms with Crippen LogP contribution in [-0.4, -0.2) is 18.1 Å². The van der Waals surface area contributed by atoms with E-state index in [0.29, 0.717) is 5.56 Å². The first kappa shape index (κ1) is 9.68. The Morgan fingerprint density at radius 2 is 2.14 bits per heavy atom. The third-order valence-corrected chi connectivity index (χ3v) is 3.06. The number of aliphatic hydroxyl groups is 1. The molecule has 0 aromatic heterocycles. The minimum Gasteiger partial charge on any atom is -0.375 e. The summed E-state index contributed by atoms with van der Waals surface area (Å²) in [6, 6.07) is 5.44. The van der Waals surface area contributed by atoms with Crippen molar-refractivity contribution in [3.8, 4) is 0 Å². The monoisotopic (exact) mass is 255 g/mol. The molecule has 14 heavy (non-hydrogen) atoms. The van der Waals surface area contributed by atoms with Crippen LogP contribution in [0.1, 0.15) is 12.5 Å². The molecule has 1 aliphatic heterocycles. The molecule has 1 N–H and O–H groups in total. The zero-order valence-corrected chi connectivity index (χ0v) is 9.50. The second kappa shape index (κ2) is 2.81. The minimum atomic E-state index is -1.39. The molecule has 1 aliphatic rings. The van der Waals surface area contributed by atoms with E-state index in [9.17, 15) is 9.90 Å². The third kappa shape index (κ3) is 1.11. The Morgan fingerprint density at radius 3 is 2.79 bits per heavy atom. The number of rotatable bonds is 0. The van der Waals surface area contributed by atoms with Gasteiger partial charge in [-0.05, 0) is 25.1 Å². The van der Waals surface area contributed by atoms with Gasteiger partial charge < -0.3 is 10.0 Å². The fourth-order valence-corrected chi connectivity index (χ4v) is 2.10. The van der Waals surface area contributed by atoms with E-state index in [0.717, 1.165) is 10.2 Å². The molecule has 0 bridgehead atoms. The number of hydrogen-bond acceptors (Lipinski definition) is 2. The topological polar surface area (TPSA) is 40.5 Å². The van der Waals surface area contributed by atoms with Gasteiger partial charge in [0.05, 0.1) is 5.69 Å². The van der Waals surface area contributed by atoms with Crippen molar-refractivity contribution >= 4 is 27.5 Å². The largest absolute Gasteiger partial charge is 0.375 e. The standard InChI is InChI=1S/C10H10BrNO2/c1-10(14)7-5-6(11)3-4-8(7)12(2)9(10)13/h3-5,14H,1-2H3. The van der Waals surface area contributed by atoms with Crippen LogP contribution in [0.2, 0.25) is 0 Å². The Morgan fingerprint density at radius 1 is 1.50 bits per heavy atom. The van der Waals surface area contributed by atoms with E-state index in [1.165, 1.54) is 11.8 Å². The lowest BCUT2D eigenvalue weighted by atomic mass is 9.98. The van der Waals surface area contributed by atoms with Gasteiger partial charge >= 0.3 is 0 Å². The van der Waals surface area contributed by atoms with Crippen LogP contribution in [-0.2, 0) is 10.4 Å². The highest BCUT2D eigenvalue weighted by atomic mass is 79.9. The Hall–Kier alpha value is -0.870. The summed E-state index contributed by atoms with van der Waals surface area (Å²) in [5.74, 6) is -0.286. The fraction of sp³-hybridized carbons (Fsp3) is 0.300. The molecule has 0 saturated carbocycles. The van der Waals surface area contributed by atoms with Crippen LogP contribution >= 0.6 is 15.9 Å². The molecule has 3 nitrogen and oxygen atoms in total. The number of carbonyl (C=O) groups excluding carboxylic acids is 1. The molecule has 0 fully saturated rings. The molecule has 1 aromatic rings. The van der Waals surface area contributed by atoms with Gasteiger partial charge in [-0.2, -0.15) is 0 Å². The van der Waals surface area contributed by atoms with Crippen LogP contribution in [0, 0.1) is 0 Å². The summed E-state index contributed by atoms with van der Waals surface area (Å²) in [7, 11) is 1.66. The second-order valence-corrected chi connectivity index (χ2v) is 4.51. The highest BCUT2D eigenvalue weighted by Crippen LogP contribution is 2.40. The Kier molecular flexibility index (Phi) is 1.94. The maximum absolute atomic E-state index is 11.7. The Balaban J connectivity index is 2.69. The van der Waals surface area contributed by atoms with Crippen molar-refractivity contribution in [2.24, 2.45) is 0 Å². The van der Waals surface area contributed by atoms with Crippen LogP contribution in [0.25, 0.3) is 0 Å². The number of hydrogen-bond donors (Lipinski definition) is 1. The second-order valence-electron chi connectivity index (χ2n) is 3.60. The molecule has 2 rings (SSSR count). The molecule has 4 heteroatoms. The molecule has 1 heterocycles. The Labute approximate surface area is 90.5 Å². The van der Waals surface area contributed by atoms with Crippen LogP contribution in [0.15, 0.2) is 22.7 Å². The summed E-state index contributed by atoms with van der Waals surface area (Å²) >= 11 is 3.32. The number of carbonyl (C=O) groups is 1. The van der Waals surface area contributed by atoms with Crippen LogP contribution < -0.4 is 4.90 Å². The number of fused-ring (bicyclic) bond motifs is 1. The van der Waals surface area contributed by atoms with Crippen LogP contribution in [0.3, 0.4) is 0 Å². The first-order valence-corrected chi connectivity index (χ1v) is 5.04. The van der Waals surface area contributed by atoms with Gasteiger partial charge in [0.25, 0.3) is 5.91 Å². The van der Waals surface area contributed by atoms with E-state index in [1.54, 1.807) is 13.1 Å². The molecule has 74 valence electrons. The number of halogens is 1.